The lowest BCUT2D eigenvalue weighted by Crippen LogP contribution is -2.51. The van der Waals surface area contributed by atoms with Gasteiger partial charge in [-0.1, -0.05) is 6.92 Å². The Hall–Kier alpha value is -1.33. The van der Waals surface area contributed by atoms with E-state index in [4.69, 9.17) is 13.9 Å². The molecule has 1 aromatic rings. The first-order chi connectivity index (χ1) is 13.5. The van der Waals surface area contributed by atoms with Gasteiger partial charge < -0.3 is 19.2 Å². The van der Waals surface area contributed by atoms with E-state index in [1.165, 1.54) is 19.3 Å². The lowest BCUT2D eigenvalue weighted by Gasteiger charge is -2.51. The number of fused-ring (bicyclic) bond motifs is 3. The first-order valence-corrected chi connectivity index (χ1v) is 11.1. The topological polar surface area (TPSA) is 64.0 Å². The van der Waals surface area contributed by atoms with Crippen LogP contribution in [-0.2, 0) is 20.7 Å². The molecular weight excluding hydrogens is 354 g/mol. The first-order valence-electron chi connectivity index (χ1n) is 11.1. The molecule has 2 aliphatic carbocycles. The highest BCUT2D eigenvalue weighted by molar-refractivity contribution is 5.75. The number of carbonyl (C=O) groups excluding carboxylic acids is 1. The van der Waals surface area contributed by atoms with Gasteiger partial charge in [0.2, 0.25) is 0 Å². The van der Waals surface area contributed by atoms with Crippen molar-refractivity contribution in [1.82, 2.24) is 5.32 Å². The molecule has 5 rings (SSSR count). The zero-order valence-corrected chi connectivity index (χ0v) is 17.1. The number of furan rings is 1. The summed E-state index contributed by atoms with van der Waals surface area (Å²) in [6.07, 6.45) is 9.54. The van der Waals surface area contributed by atoms with Crippen LogP contribution in [0.25, 0.3) is 0 Å². The molecule has 7 atom stereocenters. The molecule has 0 radical (unpaired) electrons. The van der Waals surface area contributed by atoms with Crippen molar-refractivity contribution in [2.45, 2.75) is 76.5 Å². The van der Waals surface area contributed by atoms with Crippen LogP contribution in [0.5, 0.6) is 0 Å². The summed E-state index contributed by atoms with van der Waals surface area (Å²) in [7, 11) is 0. The summed E-state index contributed by atoms with van der Waals surface area (Å²) in [4.78, 5) is 12.7. The Bertz CT molecular complexity index is 712. The third-order valence-corrected chi connectivity index (χ3v) is 8.17. The van der Waals surface area contributed by atoms with Crippen LogP contribution < -0.4 is 5.32 Å². The summed E-state index contributed by atoms with van der Waals surface area (Å²) >= 11 is 0. The molecule has 1 N–H and O–H groups in total. The smallest absolute Gasteiger partial charge is 0.310 e. The number of rotatable bonds is 6. The minimum atomic E-state index is -0.0154. The van der Waals surface area contributed by atoms with Gasteiger partial charge in [0, 0.05) is 24.9 Å². The maximum Gasteiger partial charge on any atom is 0.310 e. The molecule has 154 valence electrons. The molecule has 2 saturated carbocycles. The lowest BCUT2D eigenvalue weighted by molar-refractivity contribution is -0.147. The predicted octanol–water partition coefficient (Wildman–Crippen LogP) is 3.72. The van der Waals surface area contributed by atoms with Crippen molar-refractivity contribution >= 4 is 5.97 Å². The van der Waals surface area contributed by atoms with E-state index in [9.17, 15) is 4.79 Å². The normalized spacial score (nSPS) is 42.7. The molecule has 5 heteroatoms. The monoisotopic (exact) mass is 387 g/mol. The fourth-order valence-electron chi connectivity index (χ4n) is 6.43. The molecule has 0 unspecified atom stereocenters. The standard InChI is InChI=1S/C23H33NO4/c1-15(6-7-16-5-3-10-26-16)24-13-18-17-11-20-22(2,12-19(17)28-21(18)25)8-4-9-23(20)14-27-23/h3,5,10,15,17-20,24H,4,6-9,11-14H2,1-2H3/t15-,17-,18-,19-,20-,22-,23+/m1/s1. The largest absolute Gasteiger partial charge is 0.469 e. The highest BCUT2D eigenvalue weighted by Gasteiger charge is 2.64. The van der Waals surface area contributed by atoms with Crippen LogP contribution >= 0.6 is 0 Å². The van der Waals surface area contributed by atoms with E-state index in [0.717, 1.165) is 44.6 Å². The number of esters is 1. The second-order valence-electron chi connectivity index (χ2n) is 10.0. The SMILES string of the molecule is C[C@H](CCc1ccco1)NC[C@H]1C(=O)O[C@@H]2C[C@@]3(C)CCC[C@]4(CO4)[C@@H]3C[C@@H]21. The van der Waals surface area contributed by atoms with E-state index in [0.29, 0.717) is 17.9 Å². The maximum atomic E-state index is 12.7. The number of epoxide rings is 1. The molecule has 0 bridgehead atoms. The Kier molecular flexibility index (Phi) is 4.59. The van der Waals surface area contributed by atoms with Crippen molar-refractivity contribution in [2.75, 3.05) is 13.2 Å². The molecule has 5 nitrogen and oxygen atoms in total. The third-order valence-electron chi connectivity index (χ3n) is 8.17. The Labute approximate surface area is 167 Å². The Balaban J connectivity index is 1.21. The predicted molar refractivity (Wildman–Crippen MR) is 105 cm³/mol. The molecule has 3 heterocycles. The molecule has 28 heavy (non-hydrogen) atoms. The lowest BCUT2D eigenvalue weighted by atomic mass is 9.53. The minimum absolute atomic E-state index is 0.00810. The molecule has 0 aromatic carbocycles. The highest BCUT2D eigenvalue weighted by atomic mass is 16.6. The number of aryl methyl sites for hydroxylation is 1. The van der Waals surface area contributed by atoms with Gasteiger partial charge >= 0.3 is 5.97 Å². The van der Waals surface area contributed by atoms with E-state index < -0.39 is 0 Å². The first kappa shape index (κ1) is 18.7. The molecule has 1 aromatic heterocycles. The fourth-order valence-corrected chi connectivity index (χ4v) is 6.43. The molecule has 2 saturated heterocycles. The van der Waals surface area contributed by atoms with E-state index >= 15 is 0 Å². The molecule has 0 amide bonds. The summed E-state index contributed by atoms with van der Waals surface area (Å²) in [5.41, 5.74) is 0.396. The molecule has 4 fully saturated rings. The number of nitrogens with one attached hydrogen (secondary N) is 1. The van der Waals surface area contributed by atoms with Crippen LogP contribution in [-0.4, -0.2) is 36.9 Å². The van der Waals surface area contributed by atoms with E-state index in [1.807, 2.05) is 12.1 Å². The van der Waals surface area contributed by atoms with Crippen LogP contribution in [0.4, 0.5) is 0 Å². The fraction of sp³-hybridized carbons (Fsp3) is 0.783. The van der Waals surface area contributed by atoms with Crippen LogP contribution in [0.3, 0.4) is 0 Å². The van der Waals surface area contributed by atoms with Crippen molar-refractivity contribution in [2.24, 2.45) is 23.2 Å². The third kappa shape index (κ3) is 3.21. The van der Waals surface area contributed by atoms with Gasteiger partial charge in [0.05, 0.1) is 24.4 Å². The second-order valence-corrected chi connectivity index (χ2v) is 10.0. The summed E-state index contributed by atoms with van der Waals surface area (Å²) in [5.74, 6) is 1.94. The van der Waals surface area contributed by atoms with Crippen molar-refractivity contribution in [3.05, 3.63) is 24.2 Å². The van der Waals surface area contributed by atoms with Gasteiger partial charge in [-0.2, -0.15) is 0 Å². The van der Waals surface area contributed by atoms with Crippen molar-refractivity contribution in [3.8, 4) is 0 Å². The van der Waals surface area contributed by atoms with Crippen LogP contribution in [0, 0.1) is 23.2 Å². The van der Waals surface area contributed by atoms with Crippen LogP contribution in [0.15, 0.2) is 22.8 Å². The summed E-state index contributed by atoms with van der Waals surface area (Å²) in [6, 6.07) is 4.30. The number of hydrogen-bond acceptors (Lipinski definition) is 5. The van der Waals surface area contributed by atoms with Crippen LogP contribution in [0.2, 0.25) is 0 Å². The zero-order chi connectivity index (χ0) is 19.4. The van der Waals surface area contributed by atoms with Crippen LogP contribution in [0.1, 0.15) is 58.1 Å². The second kappa shape index (κ2) is 6.88. The summed E-state index contributed by atoms with van der Waals surface area (Å²) in [5, 5.41) is 3.59. The van der Waals surface area contributed by atoms with E-state index in [2.05, 4.69) is 19.2 Å². The Morgan fingerprint density at radius 1 is 1.36 bits per heavy atom. The summed E-state index contributed by atoms with van der Waals surface area (Å²) < 4.78 is 17.3. The Morgan fingerprint density at radius 3 is 2.96 bits per heavy atom. The van der Waals surface area contributed by atoms with Gasteiger partial charge in [-0.15, -0.1) is 0 Å². The molecule has 4 aliphatic rings. The molecule has 1 spiro atoms. The van der Waals surface area contributed by atoms with Gasteiger partial charge in [0.25, 0.3) is 0 Å². The molecular formula is C23H33NO4. The van der Waals surface area contributed by atoms with Crippen molar-refractivity contribution < 1.29 is 18.7 Å². The van der Waals surface area contributed by atoms with Gasteiger partial charge in [0.1, 0.15) is 11.9 Å². The average Bonchev–Trinajstić information content (AvgIpc) is 3.11. The van der Waals surface area contributed by atoms with E-state index in [1.54, 1.807) is 6.26 Å². The highest BCUT2D eigenvalue weighted by Crippen LogP contribution is 2.62. The van der Waals surface area contributed by atoms with Crippen molar-refractivity contribution in [3.63, 3.8) is 0 Å². The Morgan fingerprint density at radius 2 is 2.21 bits per heavy atom. The van der Waals surface area contributed by atoms with Gasteiger partial charge in [-0.25, -0.2) is 0 Å². The summed E-state index contributed by atoms with van der Waals surface area (Å²) in [6.45, 7) is 6.24. The number of carbonyl (C=O) groups is 1. The average molecular weight is 388 g/mol. The van der Waals surface area contributed by atoms with Gasteiger partial charge in [-0.05, 0) is 68.9 Å². The maximum absolute atomic E-state index is 12.7. The van der Waals surface area contributed by atoms with Crippen molar-refractivity contribution in [1.29, 1.82) is 0 Å². The number of ether oxygens (including phenoxy) is 2. The number of hydrogen-bond donors (Lipinski definition) is 1. The zero-order valence-electron chi connectivity index (χ0n) is 17.1. The van der Waals surface area contributed by atoms with Gasteiger partial charge in [-0.3, -0.25) is 4.79 Å². The minimum Gasteiger partial charge on any atom is -0.469 e. The van der Waals surface area contributed by atoms with Gasteiger partial charge in [0.15, 0.2) is 0 Å². The molecule has 2 aliphatic heterocycles. The van der Waals surface area contributed by atoms with E-state index in [-0.39, 0.29) is 29.0 Å². The quantitative estimate of drug-likeness (QED) is 0.595.